The zero-order valence-corrected chi connectivity index (χ0v) is 13.7. The van der Waals surface area contributed by atoms with Crippen molar-refractivity contribution < 1.29 is 9.59 Å². The molecule has 23 heavy (non-hydrogen) atoms. The van der Waals surface area contributed by atoms with E-state index in [-0.39, 0.29) is 6.04 Å². The molecule has 1 unspecified atom stereocenters. The third-order valence-corrected chi connectivity index (χ3v) is 4.55. The molecule has 1 N–H and O–H groups in total. The molecule has 1 atom stereocenters. The van der Waals surface area contributed by atoms with E-state index in [0.29, 0.717) is 10.7 Å². The summed E-state index contributed by atoms with van der Waals surface area (Å²) in [4.78, 5) is 26.5. The number of hydrogen-bond donors (Lipinski definition) is 1. The van der Waals surface area contributed by atoms with Crippen molar-refractivity contribution in [3.05, 3.63) is 58.6 Å². The number of amides is 2. The Morgan fingerprint density at radius 2 is 1.91 bits per heavy atom. The number of nitrogens with zero attached hydrogens (tertiary/aromatic N) is 1. The number of anilines is 2. The minimum absolute atomic E-state index is 0.0360. The van der Waals surface area contributed by atoms with Crippen LogP contribution in [-0.2, 0) is 16.0 Å². The van der Waals surface area contributed by atoms with Gasteiger partial charge >= 0.3 is 11.8 Å². The number of fused-ring (bicyclic) bond motifs is 1. The van der Waals surface area contributed by atoms with Gasteiger partial charge in [-0.3, -0.25) is 9.59 Å². The lowest BCUT2D eigenvalue weighted by Crippen LogP contribution is -2.43. The van der Waals surface area contributed by atoms with Crippen molar-refractivity contribution in [3.63, 3.8) is 0 Å². The molecule has 2 amide bonds. The summed E-state index contributed by atoms with van der Waals surface area (Å²) >= 11 is 6.05. The first-order chi connectivity index (χ1) is 11.0. The van der Waals surface area contributed by atoms with Crippen molar-refractivity contribution in [3.8, 4) is 0 Å². The molecule has 0 saturated carbocycles. The van der Waals surface area contributed by atoms with Crippen molar-refractivity contribution in [2.45, 2.75) is 26.3 Å². The lowest BCUT2D eigenvalue weighted by molar-refractivity contribution is -0.134. The van der Waals surface area contributed by atoms with Crippen LogP contribution in [0.1, 0.15) is 18.1 Å². The van der Waals surface area contributed by atoms with Crippen LogP contribution in [0.25, 0.3) is 0 Å². The summed E-state index contributed by atoms with van der Waals surface area (Å²) < 4.78 is 0. The van der Waals surface area contributed by atoms with Gasteiger partial charge in [-0.15, -0.1) is 0 Å². The molecule has 0 radical (unpaired) electrons. The molecule has 3 rings (SSSR count). The van der Waals surface area contributed by atoms with Crippen LogP contribution in [0.5, 0.6) is 0 Å². The summed E-state index contributed by atoms with van der Waals surface area (Å²) in [6.07, 6.45) is 0.755. The maximum atomic E-state index is 12.6. The second kappa shape index (κ2) is 6.05. The van der Waals surface area contributed by atoms with Crippen LogP contribution in [0, 0.1) is 6.92 Å². The summed E-state index contributed by atoms with van der Waals surface area (Å²) in [6.45, 7) is 3.74. The first-order valence-corrected chi connectivity index (χ1v) is 7.84. The Kier molecular flexibility index (Phi) is 4.09. The molecule has 0 fully saturated rings. The van der Waals surface area contributed by atoms with Gasteiger partial charge in [0.2, 0.25) is 0 Å². The topological polar surface area (TPSA) is 49.4 Å². The second-order valence-corrected chi connectivity index (χ2v) is 6.13. The van der Waals surface area contributed by atoms with Crippen molar-refractivity contribution in [1.82, 2.24) is 0 Å². The third-order valence-electron chi connectivity index (χ3n) is 4.14. The average Bonchev–Trinajstić information content (AvgIpc) is 2.86. The Morgan fingerprint density at radius 1 is 1.17 bits per heavy atom. The van der Waals surface area contributed by atoms with Crippen LogP contribution in [0.4, 0.5) is 11.4 Å². The maximum absolute atomic E-state index is 12.6. The Morgan fingerprint density at radius 3 is 2.70 bits per heavy atom. The number of nitrogens with one attached hydrogen (secondary N) is 1. The van der Waals surface area contributed by atoms with E-state index in [1.165, 1.54) is 0 Å². The quantitative estimate of drug-likeness (QED) is 0.814. The standard InChI is InChI=1S/C18H17ClN2O2/c1-11-10-13-6-3-4-9-16(13)21(11)18(23)17(22)20-15-8-5-7-14(19)12(15)2/h3-9,11H,10H2,1-2H3,(H,20,22). The molecule has 1 heterocycles. The fourth-order valence-electron chi connectivity index (χ4n) is 2.90. The van der Waals surface area contributed by atoms with Gasteiger partial charge in [-0.2, -0.15) is 0 Å². The Labute approximate surface area is 140 Å². The second-order valence-electron chi connectivity index (χ2n) is 5.72. The minimum atomic E-state index is -0.654. The van der Waals surface area contributed by atoms with Crippen LogP contribution >= 0.6 is 11.6 Å². The van der Waals surface area contributed by atoms with E-state index in [4.69, 9.17) is 11.6 Å². The smallest absolute Gasteiger partial charge is 0.316 e. The first-order valence-electron chi connectivity index (χ1n) is 7.46. The predicted molar refractivity (Wildman–Crippen MR) is 91.9 cm³/mol. The largest absolute Gasteiger partial charge is 0.317 e. The zero-order chi connectivity index (χ0) is 16.6. The molecule has 1 aliphatic rings. The summed E-state index contributed by atoms with van der Waals surface area (Å²) in [5, 5.41) is 3.22. The van der Waals surface area contributed by atoms with Crippen LogP contribution in [0.2, 0.25) is 5.02 Å². The van der Waals surface area contributed by atoms with E-state index < -0.39 is 11.8 Å². The van der Waals surface area contributed by atoms with E-state index in [0.717, 1.165) is 23.2 Å². The van der Waals surface area contributed by atoms with Gasteiger partial charge < -0.3 is 10.2 Å². The summed E-state index contributed by atoms with van der Waals surface area (Å²) in [7, 11) is 0. The van der Waals surface area contributed by atoms with Crippen molar-refractivity contribution in [2.24, 2.45) is 0 Å². The molecule has 0 aromatic heterocycles. The molecule has 118 valence electrons. The van der Waals surface area contributed by atoms with Crippen LogP contribution in [0.15, 0.2) is 42.5 Å². The van der Waals surface area contributed by atoms with E-state index in [1.807, 2.05) is 31.2 Å². The molecule has 2 aromatic carbocycles. The maximum Gasteiger partial charge on any atom is 0.316 e. The molecular formula is C18H17ClN2O2. The average molecular weight is 329 g/mol. The molecule has 0 saturated heterocycles. The highest BCUT2D eigenvalue weighted by Gasteiger charge is 2.34. The van der Waals surface area contributed by atoms with Gasteiger partial charge in [-0.25, -0.2) is 0 Å². The van der Waals surface area contributed by atoms with E-state index in [2.05, 4.69) is 5.32 Å². The molecule has 5 heteroatoms. The first kappa shape index (κ1) is 15.6. The Hall–Kier alpha value is -2.33. The highest BCUT2D eigenvalue weighted by atomic mass is 35.5. The minimum Gasteiger partial charge on any atom is -0.317 e. The highest BCUT2D eigenvalue weighted by molar-refractivity contribution is 6.45. The van der Waals surface area contributed by atoms with Crippen molar-refractivity contribution >= 4 is 34.8 Å². The number of carbonyl (C=O) groups excluding carboxylic acids is 2. The number of carbonyl (C=O) groups is 2. The summed E-state index contributed by atoms with van der Waals surface area (Å²) in [6, 6.07) is 12.8. The molecule has 2 aromatic rings. The number of para-hydroxylation sites is 1. The normalized spacial score (nSPS) is 16.1. The SMILES string of the molecule is Cc1c(Cl)cccc1NC(=O)C(=O)N1c2ccccc2CC1C. The highest BCUT2D eigenvalue weighted by Crippen LogP contribution is 2.32. The Balaban J connectivity index is 1.83. The fraction of sp³-hybridized carbons (Fsp3) is 0.222. The number of benzene rings is 2. The molecule has 0 spiro atoms. The van der Waals surface area contributed by atoms with Gasteiger partial charge in [-0.05, 0) is 49.6 Å². The Bertz CT molecular complexity index is 788. The van der Waals surface area contributed by atoms with E-state index in [9.17, 15) is 9.59 Å². The molecule has 0 aliphatic carbocycles. The molecule has 0 bridgehead atoms. The van der Waals surface area contributed by atoms with Gasteiger partial charge in [0.05, 0.1) is 0 Å². The molecular weight excluding hydrogens is 312 g/mol. The van der Waals surface area contributed by atoms with E-state index in [1.54, 1.807) is 30.0 Å². The van der Waals surface area contributed by atoms with Gasteiger partial charge in [0.25, 0.3) is 0 Å². The van der Waals surface area contributed by atoms with Crippen molar-refractivity contribution in [1.29, 1.82) is 0 Å². The van der Waals surface area contributed by atoms with Crippen LogP contribution in [0.3, 0.4) is 0 Å². The van der Waals surface area contributed by atoms with Crippen molar-refractivity contribution in [2.75, 3.05) is 10.2 Å². The fourth-order valence-corrected chi connectivity index (χ4v) is 3.08. The number of rotatable bonds is 1. The van der Waals surface area contributed by atoms with Gasteiger partial charge in [0, 0.05) is 22.4 Å². The predicted octanol–water partition coefficient (Wildman–Crippen LogP) is 3.56. The summed E-state index contributed by atoms with van der Waals surface area (Å²) in [5.74, 6) is -1.21. The molecule has 4 nitrogen and oxygen atoms in total. The van der Waals surface area contributed by atoms with Gasteiger partial charge in [-0.1, -0.05) is 35.9 Å². The number of halogens is 1. The van der Waals surface area contributed by atoms with E-state index >= 15 is 0 Å². The lowest BCUT2D eigenvalue weighted by Gasteiger charge is -2.22. The molecule has 1 aliphatic heterocycles. The van der Waals surface area contributed by atoms with Crippen LogP contribution in [-0.4, -0.2) is 17.9 Å². The lowest BCUT2D eigenvalue weighted by atomic mass is 10.1. The van der Waals surface area contributed by atoms with Crippen LogP contribution < -0.4 is 10.2 Å². The summed E-state index contributed by atoms with van der Waals surface area (Å²) in [5.41, 5.74) is 3.18. The monoisotopic (exact) mass is 328 g/mol. The van der Waals surface area contributed by atoms with Gasteiger partial charge in [0.1, 0.15) is 0 Å². The third kappa shape index (κ3) is 2.82. The van der Waals surface area contributed by atoms with Gasteiger partial charge in [0.15, 0.2) is 0 Å². The number of hydrogen-bond acceptors (Lipinski definition) is 2. The zero-order valence-electron chi connectivity index (χ0n) is 13.0.